The van der Waals surface area contributed by atoms with Crippen molar-refractivity contribution in [3.8, 4) is 11.5 Å². The van der Waals surface area contributed by atoms with Gasteiger partial charge in [-0.2, -0.15) is 4.98 Å². The predicted octanol–water partition coefficient (Wildman–Crippen LogP) is 2.92. The van der Waals surface area contributed by atoms with Crippen molar-refractivity contribution in [1.82, 2.24) is 24.4 Å². The van der Waals surface area contributed by atoms with Gasteiger partial charge in [0.25, 0.3) is 5.56 Å². The minimum Gasteiger partial charge on any atom is -0.319 e. The molecule has 8 heteroatoms. The zero-order valence-electron chi connectivity index (χ0n) is 15.8. The Bertz CT molecular complexity index is 1020. The van der Waals surface area contributed by atoms with Crippen LogP contribution in [0.2, 0.25) is 5.02 Å². The fraction of sp³-hybridized carbons (Fsp3) is 0.474. The largest absolute Gasteiger partial charge is 0.349 e. The lowest BCUT2D eigenvalue weighted by molar-refractivity contribution is 0.289. The molecule has 0 unspecified atom stereocenters. The molecule has 2 aliphatic heterocycles. The number of aromatic nitrogens is 4. The van der Waals surface area contributed by atoms with Gasteiger partial charge in [0.2, 0.25) is 0 Å². The molecule has 0 saturated carbocycles. The van der Waals surface area contributed by atoms with Crippen LogP contribution in [0.1, 0.15) is 39.7 Å². The Morgan fingerprint density at radius 1 is 1.22 bits per heavy atom. The van der Waals surface area contributed by atoms with Crippen molar-refractivity contribution in [1.29, 1.82) is 0 Å². The number of aromatic amines is 1. The van der Waals surface area contributed by atoms with Crippen LogP contribution in [-0.4, -0.2) is 44.1 Å². The summed E-state index contributed by atoms with van der Waals surface area (Å²) in [5.41, 5.74) is 0.391. The highest BCUT2D eigenvalue weighted by atomic mass is 35.5. The van der Waals surface area contributed by atoms with Crippen LogP contribution < -0.4 is 11.2 Å². The number of hydrogen-bond donors (Lipinski definition) is 1. The smallest absolute Gasteiger partial charge is 0.319 e. The molecule has 0 fully saturated rings. The lowest BCUT2D eigenvalue weighted by Gasteiger charge is -2.24. The first-order chi connectivity index (χ1) is 12.9. The Morgan fingerprint density at radius 2 is 1.96 bits per heavy atom. The first-order valence-corrected chi connectivity index (χ1v) is 9.66. The Balaban J connectivity index is 2.09. The van der Waals surface area contributed by atoms with Crippen LogP contribution in [0.5, 0.6) is 0 Å². The van der Waals surface area contributed by atoms with Gasteiger partial charge in [0.15, 0.2) is 11.5 Å². The van der Waals surface area contributed by atoms with Crippen LogP contribution in [-0.2, 0) is 0 Å². The molecule has 0 aliphatic carbocycles. The van der Waals surface area contributed by atoms with Gasteiger partial charge in [-0.05, 0) is 57.6 Å². The number of halogens is 1. The average molecular weight is 390 g/mol. The third-order valence-corrected chi connectivity index (χ3v) is 5.18. The molecule has 2 heterocycles. The van der Waals surface area contributed by atoms with Crippen molar-refractivity contribution in [3.05, 3.63) is 44.1 Å². The van der Waals surface area contributed by atoms with E-state index in [-0.39, 0.29) is 11.7 Å². The van der Waals surface area contributed by atoms with Crippen molar-refractivity contribution < 1.29 is 0 Å². The first kappa shape index (κ1) is 19.5. The van der Waals surface area contributed by atoms with E-state index in [1.165, 1.54) is 0 Å². The van der Waals surface area contributed by atoms with E-state index in [1.54, 1.807) is 18.2 Å². The van der Waals surface area contributed by atoms with Crippen LogP contribution in [0.25, 0.3) is 22.6 Å². The molecular formula is C19H24ClN5O2. The third kappa shape index (κ3) is 4.04. The number of fused-ring (bicyclic) bond motifs is 2. The molecule has 1 N–H and O–H groups in total. The van der Waals surface area contributed by atoms with E-state index < -0.39 is 11.2 Å². The van der Waals surface area contributed by atoms with Crippen molar-refractivity contribution in [2.24, 2.45) is 0 Å². The normalized spacial score (nSPS) is 12.9. The minimum atomic E-state index is -0.667. The standard InChI is InChI=1S/C19H24ClN5O2/c1-4-24(5-2)10-6-7-12(3)25-15-11-13(20)8-9-14(15)21-16-17(25)22-19(27)23-18(16)26/h8-9,11-12H,4-7,10H2,1-3H3,(H,23,26,27)/t12-/m0/s1. The summed E-state index contributed by atoms with van der Waals surface area (Å²) in [7, 11) is 0. The molecule has 3 rings (SSSR count). The van der Waals surface area contributed by atoms with Gasteiger partial charge >= 0.3 is 5.69 Å². The second-order valence-electron chi connectivity index (χ2n) is 6.68. The summed E-state index contributed by atoms with van der Waals surface area (Å²) in [6.45, 7) is 9.41. The molecular weight excluding hydrogens is 366 g/mol. The maximum Gasteiger partial charge on any atom is 0.349 e. The summed E-state index contributed by atoms with van der Waals surface area (Å²) in [6, 6.07) is 5.35. The van der Waals surface area contributed by atoms with Gasteiger partial charge in [0, 0.05) is 11.1 Å². The zero-order chi connectivity index (χ0) is 19.6. The second kappa shape index (κ2) is 8.19. The van der Waals surface area contributed by atoms with Gasteiger partial charge in [0.1, 0.15) is 0 Å². The van der Waals surface area contributed by atoms with E-state index in [0.29, 0.717) is 16.4 Å². The monoisotopic (exact) mass is 389 g/mol. The molecule has 27 heavy (non-hydrogen) atoms. The number of hydrogen-bond acceptors (Lipinski definition) is 5. The summed E-state index contributed by atoms with van der Waals surface area (Å²) in [4.78, 5) is 37.1. The highest BCUT2D eigenvalue weighted by Gasteiger charge is 2.21. The molecule has 0 spiro atoms. The van der Waals surface area contributed by atoms with Crippen LogP contribution in [0.3, 0.4) is 0 Å². The average Bonchev–Trinajstić information content (AvgIpc) is 2.63. The molecule has 144 valence electrons. The first-order valence-electron chi connectivity index (χ1n) is 9.28. The molecule has 0 saturated heterocycles. The topological polar surface area (TPSA) is 83.9 Å². The van der Waals surface area contributed by atoms with Gasteiger partial charge in [0.05, 0.1) is 11.0 Å². The van der Waals surface area contributed by atoms with Crippen LogP contribution in [0.15, 0.2) is 27.8 Å². The highest BCUT2D eigenvalue weighted by molar-refractivity contribution is 6.31. The van der Waals surface area contributed by atoms with Crippen LogP contribution in [0.4, 0.5) is 0 Å². The number of nitrogens with one attached hydrogen (secondary N) is 1. The molecule has 1 atom stereocenters. The van der Waals surface area contributed by atoms with E-state index in [2.05, 4.69) is 40.6 Å². The molecule has 1 aromatic rings. The van der Waals surface area contributed by atoms with E-state index in [4.69, 9.17) is 11.6 Å². The Labute approximate surface area is 162 Å². The summed E-state index contributed by atoms with van der Waals surface area (Å²) < 4.78 is 1.92. The lowest BCUT2D eigenvalue weighted by atomic mass is 10.1. The quantitative estimate of drug-likeness (QED) is 0.628. The molecule has 1 aromatic carbocycles. The van der Waals surface area contributed by atoms with Gasteiger partial charge < -0.3 is 9.47 Å². The molecule has 2 aliphatic rings. The van der Waals surface area contributed by atoms with Crippen LogP contribution in [0, 0.1) is 0 Å². The minimum absolute atomic E-state index is 0.0285. The summed E-state index contributed by atoms with van der Waals surface area (Å²) >= 11 is 6.19. The fourth-order valence-electron chi connectivity index (χ4n) is 3.45. The molecule has 0 amide bonds. The Kier molecular flexibility index (Phi) is 5.92. The van der Waals surface area contributed by atoms with Crippen molar-refractivity contribution in [2.45, 2.75) is 39.7 Å². The molecule has 0 aromatic heterocycles. The molecule has 7 nitrogen and oxygen atoms in total. The van der Waals surface area contributed by atoms with Gasteiger partial charge in [-0.3, -0.25) is 9.78 Å². The van der Waals surface area contributed by atoms with Gasteiger partial charge in [-0.25, -0.2) is 9.78 Å². The fourth-order valence-corrected chi connectivity index (χ4v) is 3.61. The number of H-pyrrole nitrogens is 1. The van der Waals surface area contributed by atoms with Crippen LogP contribution >= 0.6 is 11.6 Å². The predicted molar refractivity (Wildman–Crippen MR) is 108 cm³/mol. The summed E-state index contributed by atoms with van der Waals surface area (Å²) in [5.74, 6) is 0.300. The molecule has 0 radical (unpaired) electrons. The van der Waals surface area contributed by atoms with Crippen molar-refractivity contribution >= 4 is 22.6 Å². The molecule has 0 bridgehead atoms. The van der Waals surface area contributed by atoms with E-state index in [1.807, 2.05) is 4.57 Å². The third-order valence-electron chi connectivity index (χ3n) is 4.94. The second-order valence-corrected chi connectivity index (χ2v) is 7.11. The maximum absolute atomic E-state index is 12.3. The van der Waals surface area contributed by atoms with E-state index in [0.717, 1.165) is 38.0 Å². The number of nitrogens with zero attached hydrogens (tertiary/aromatic N) is 4. The number of benzene rings is 1. The zero-order valence-corrected chi connectivity index (χ0v) is 16.6. The van der Waals surface area contributed by atoms with Gasteiger partial charge in [-0.15, -0.1) is 0 Å². The van der Waals surface area contributed by atoms with Gasteiger partial charge in [-0.1, -0.05) is 25.4 Å². The number of rotatable bonds is 7. The summed E-state index contributed by atoms with van der Waals surface area (Å²) in [6.07, 6.45) is 1.87. The SMILES string of the molecule is CCN(CC)CCC[C@H](C)n1c2nc(=O)[nH]c(=O)c-2nc2ccc(Cl)cc21. The summed E-state index contributed by atoms with van der Waals surface area (Å²) in [5, 5.41) is 0.569. The Hall–Kier alpha value is -2.25. The van der Waals surface area contributed by atoms with E-state index in [9.17, 15) is 9.59 Å². The van der Waals surface area contributed by atoms with Crippen molar-refractivity contribution in [3.63, 3.8) is 0 Å². The maximum atomic E-state index is 12.3. The Morgan fingerprint density at radius 3 is 2.67 bits per heavy atom. The van der Waals surface area contributed by atoms with E-state index >= 15 is 0 Å². The van der Waals surface area contributed by atoms with Crippen molar-refractivity contribution in [2.75, 3.05) is 19.6 Å². The lowest BCUT2D eigenvalue weighted by Crippen LogP contribution is -2.30. The highest BCUT2D eigenvalue weighted by Crippen LogP contribution is 2.28.